The smallest absolute Gasteiger partial charge is 0.303 e. The van der Waals surface area contributed by atoms with Crippen molar-refractivity contribution in [3.8, 4) is 0 Å². The number of methoxy groups -OCH3 is 1. The average Bonchev–Trinajstić information content (AvgIpc) is 3.67. The van der Waals surface area contributed by atoms with Crippen LogP contribution in [0.5, 0.6) is 0 Å². The number of ether oxygens (including phenoxy) is 6. The first-order valence-corrected chi connectivity index (χ1v) is 28.0. The van der Waals surface area contributed by atoms with E-state index in [-0.39, 0.29) is 24.2 Å². The Morgan fingerprint density at radius 2 is 1.21 bits per heavy atom. The Hall–Kier alpha value is -4.17. The molecule has 4 rings (SSSR count). The van der Waals surface area contributed by atoms with E-state index in [0.29, 0.717) is 134 Å². The van der Waals surface area contributed by atoms with Crippen molar-refractivity contribution in [3.63, 3.8) is 0 Å². The van der Waals surface area contributed by atoms with Crippen LogP contribution in [0, 0.1) is 0 Å². The van der Waals surface area contributed by atoms with Gasteiger partial charge in [0.15, 0.2) is 5.71 Å². The molecule has 0 aliphatic carbocycles. The van der Waals surface area contributed by atoms with Crippen molar-refractivity contribution in [1.29, 1.82) is 0 Å². The number of unbranched alkanes of at least 4 members (excludes halogenated alkanes) is 2. The molecular formula is C49H69N2O17S3-. The molecule has 0 radical (unpaired) electrons. The fourth-order valence-electron chi connectivity index (χ4n) is 8.70. The molecule has 0 spiro atoms. The Morgan fingerprint density at radius 3 is 1.76 bits per heavy atom. The van der Waals surface area contributed by atoms with Crippen molar-refractivity contribution in [2.75, 3.05) is 104 Å². The van der Waals surface area contributed by atoms with Crippen molar-refractivity contribution >= 4 is 53.4 Å². The van der Waals surface area contributed by atoms with Gasteiger partial charge >= 0.3 is 5.97 Å². The normalized spacial score (nSPS) is 19.1. The number of fused-ring (bicyclic) bond motifs is 2. The molecule has 0 saturated heterocycles. The van der Waals surface area contributed by atoms with Gasteiger partial charge < -0.3 is 47.5 Å². The first-order valence-electron chi connectivity index (χ1n) is 23.6. The number of rotatable bonds is 35. The second-order valence-corrected chi connectivity index (χ2v) is 21.6. The number of hydrogen-bond acceptors (Lipinski definition) is 16. The summed E-state index contributed by atoms with van der Waals surface area (Å²) >= 11 is 0. The standard InChI is InChI=1S/C49H70N2O17S3/c1-5-50-43-20-18-39(70(57,58)59)37-41(43)49(3,23-25-64-28-29-66-32-33-68-35-34-67-31-30-65-27-26-63-4)45(50)15-10-7-6-8-11-16-46-48(2,22-14-36-69(54,55)56)42-38-40(71(60,61)62)19-21-44(42)51(46)24-13-9-12-17-47(52)53/h6-8,10-11,15-16,18-21,37-38H,5,9,12-14,17,22-36H2,1-4H3,(H3-,52,53,54,55,56,57,58,59,60,61,62)/p-1. The number of anilines is 1. The number of aliphatic carboxylic acids is 1. The minimum absolute atomic E-state index is 0.00363. The maximum Gasteiger partial charge on any atom is 0.303 e. The number of hydrogen-bond donors (Lipinski definition) is 2. The number of allylic oxidation sites excluding steroid dienone is 8. The lowest BCUT2D eigenvalue weighted by atomic mass is 9.76. The lowest BCUT2D eigenvalue weighted by Crippen LogP contribution is -2.32. The fraction of sp³-hybridized carbons (Fsp3) is 0.551. The number of nitrogens with zero attached hydrogens (tertiary/aromatic N) is 2. The van der Waals surface area contributed by atoms with Crippen molar-refractivity contribution in [2.45, 2.75) is 86.3 Å². The highest BCUT2D eigenvalue weighted by molar-refractivity contribution is 7.86. The van der Waals surface area contributed by atoms with E-state index in [2.05, 4.69) is 4.90 Å². The lowest BCUT2D eigenvalue weighted by molar-refractivity contribution is -0.438. The van der Waals surface area contributed by atoms with Gasteiger partial charge in [-0.25, -0.2) is 16.8 Å². The van der Waals surface area contributed by atoms with Gasteiger partial charge in [0.05, 0.1) is 87.0 Å². The van der Waals surface area contributed by atoms with E-state index >= 15 is 0 Å². The van der Waals surface area contributed by atoms with Crippen LogP contribution < -0.4 is 4.90 Å². The van der Waals surface area contributed by atoms with Gasteiger partial charge in [0.2, 0.25) is 5.69 Å². The second-order valence-electron chi connectivity index (χ2n) is 17.3. The Kier molecular flexibility index (Phi) is 23.7. The van der Waals surface area contributed by atoms with Crippen LogP contribution in [0.3, 0.4) is 0 Å². The van der Waals surface area contributed by atoms with Gasteiger partial charge in [0.25, 0.3) is 10.1 Å². The molecular weight excluding hydrogens is 985 g/mol. The Morgan fingerprint density at radius 1 is 0.676 bits per heavy atom. The summed E-state index contributed by atoms with van der Waals surface area (Å²) in [6.45, 7) is 11.3. The minimum atomic E-state index is -4.85. The van der Waals surface area contributed by atoms with E-state index in [0.717, 1.165) is 11.4 Å². The number of carboxylic acids is 1. The molecule has 0 amide bonds. The van der Waals surface area contributed by atoms with Crippen LogP contribution in [0.4, 0.5) is 11.4 Å². The Bertz CT molecular complexity index is 2580. The van der Waals surface area contributed by atoms with Crippen LogP contribution in [0.2, 0.25) is 0 Å². The van der Waals surface area contributed by atoms with Gasteiger partial charge in [-0.3, -0.25) is 9.35 Å². The molecule has 22 heteroatoms. The molecule has 2 aromatic rings. The van der Waals surface area contributed by atoms with Crippen molar-refractivity contribution in [2.24, 2.45) is 0 Å². The van der Waals surface area contributed by atoms with Gasteiger partial charge in [-0.05, 0) is 94.8 Å². The lowest BCUT2D eigenvalue weighted by Gasteiger charge is -2.30. The molecule has 0 aromatic heterocycles. The van der Waals surface area contributed by atoms with Gasteiger partial charge in [-0.15, -0.1) is 0 Å². The number of carbonyl (C=O) groups is 1. The highest BCUT2D eigenvalue weighted by atomic mass is 32.2. The summed E-state index contributed by atoms with van der Waals surface area (Å²) in [6.07, 6.45) is 15.0. The highest BCUT2D eigenvalue weighted by Gasteiger charge is 2.48. The summed E-state index contributed by atoms with van der Waals surface area (Å²) < 4.78 is 141. The first kappa shape index (κ1) is 59.4. The zero-order valence-electron chi connectivity index (χ0n) is 41.0. The molecule has 2 N–H and O–H groups in total. The molecule has 2 atom stereocenters. The van der Waals surface area contributed by atoms with Crippen LogP contribution in [0.25, 0.3) is 0 Å². The maximum atomic E-state index is 12.2. The van der Waals surface area contributed by atoms with Gasteiger partial charge in [0.1, 0.15) is 26.8 Å². The first-order chi connectivity index (χ1) is 33.7. The SMILES string of the molecule is CCN1/C(=C/C=C/C=C/C=C/C2=[N+](CCCCCC(=O)O)c3ccc(S(=O)(=O)[O-])cc3C2(C)CCCS(=O)(=O)O)C(C)(CCOCCOCCOCCOCCOCCOC)c2cc(S(=O)(=O)[O-])ccc21. The van der Waals surface area contributed by atoms with E-state index in [1.807, 2.05) is 43.6 Å². The average molecular weight is 1050 g/mol. The van der Waals surface area contributed by atoms with Crippen LogP contribution in [-0.4, -0.2) is 159 Å². The summed E-state index contributed by atoms with van der Waals surface area (Å²) in [4.78, 5) is 12.4. The summed E-state index contributed by atoms with van der Waals surface area (Å²) in [5.41, 5.74) is 2.35. The monoisotopic (exact) mass is 1050 g/mol. The predicted octanol–water partition coefficient (Wildman–Crippen LogP) is 5.63. The summed E-state index contributed by atoms with van der Waals surface area (Å²) in [5.74, 6) is -1.44. The van der Waals surface area contributed by atoms with Gasteiger partial charge in [-0.1, -0.05) is 30.4 Å². The molecule has 0 saturated carbocycles. The summed E-state index contributed by atoms with van der Waals surface area (Å²) in [5, 5.41) is 9.13. The zero-order valence-corrected chi connectivity index (χ0v) is 43.4. The topological polar surface area (TPSA) is 268 Å². The van der Waals surface area contributed by atoms with E-state index < -0.39 is 57.8 Å². The van der Waals surface area contributed by atoms with Crippen molar-refractivity contribution in [3.05, 3.63) is 95.8 Å². The molecule has 2 unspecified atom stereocenters. The van der Waals surface area contributed by atoms with Gasteiger partial charge in [0, 0.05) is 67.6 Å². The predicted molar refractivity (Wildman–Crippen MR) is 264 cm³/mol. The molecule has 2 aliphatic heterocycles. The van der Waals surface area contributed by atoms with Crippen molar-refractivity contribution < 1.29 is 81.8 Å². The second kappa shape index (κ2) is 28.3. The number of likely N-dealkylation sites (N-methyl/N-ethyl adjacent to an activating group) is 1. The Balaban J connectivity index is 1.49. The molecule has 2 aliphatic rings. The molecule has 71 heavy (non-hydrogen) atoms. The minimum Gasteiger partial charge on any atom is -0.744 e. The third-order valence-electron chi connectivity index (χ3n) is 12.3. The fourth-order valence-corrected chi connectivity index (χ4v) is 10.2. The Labute approximate surface area is 419 Å². The summed E-state index contributed by atoms with van der Waals surface area (Å²) in [6, 6.07) is 8.49. The quantitative estimate of drug-likeness (QED) is 0.0366. The van der Waals surface area contributed by atoms with Crippen LogP contribution >= 0.6 is 0 Å². The number of benzene rings is 2. The maximum absolute atomic E-state index is 12.2. The van der Waals surface area contributed by atoms with E-state index in [1.165, 1.54) is 24.3 Å². The molecule has 0 bridgehead atoms. The molecule has 2 heterocycles. The van der Waals surface area contributed by atoms with Crippen LogP contribution in [0.1, 0.15) is 76.8 Å². The van der Waals surface area contributed by atoms with E-state index in [4.69, 9.17) is 33.5 Å². The van der Waals surface area contributed by atoms with Crippen molar-refractivity contribution in [1.82, 2.24) is 0 Å². The third kappa shape index (κ3) is 18.1. The highest BCUT2D eigenvalue weighted by Crippen LogP contribution is 2.50. The van der Waals surface area contributed by atoms with E-state index in [9.17, 15) is 43.7 Å². The van der Waals surface area contributed by atoms with Gasteiger partial charge in [-0.2, -0.15) is 13.0 Å². The largest absolute Gasteiger partial charge is 0.744 e. The molecule has 396 valence electrons. The van der Waals surface area contributed by atoms with Crippen LogP contribution in [0.15, 0.2) is 94.4 Å². The molecule has 0 fully saturated rings. The van der Waals surface area contributed by atoms with E-state index in [1.54, 1.807) is 43.5 Å². The zero-order chi connectivity index (χ0) is 52.1. The third-order valence-corrected chi connectivity index (χ3v) is 14.7. The van der Waals surface area contributed by atoms with Crippen LogP contribution in [-0.2, 0) is 74.4 Å². The summed E-state index contributed by atoms with van der Waals surface area (Å²) in [7, 11) is -12.3. The number of carboxylic acid groups (broad SMARTS) is 1. The molecule has 19 nitrogen and oxygen atoms in total. The molecule has 2 aromatic carbocycles.